The van der Waals surface area contributed by atoms with Crippen LogP contribution in [0.1, 0.15) is 30.0 Å². The first-order valence-electron chi connectivity index (χ1n) is 8.91. The van der Waals surface area contributed by atoms with Gasteiger partial charge in [0.15, 0.2) is 5.76 Å². The number of sulfonamides is 1. The zero-order chi connectivity index (χ0) is 20.3. The van der Waals surface area contributed by atoms with E-state index in [1.807, 2.05) is 0 Å². The molecule has 3 rings (SSSR count). The molecule has 1 amide bonds. The number of amides is 1. The summed E-state index contributed by atoms with van der Waals surface area (Å²) in [6.45, 7) is 4.69. The van der Waals surface area contributed by atoms with Crippen molar-refractivity contribution in [2.45, 2.75) is 25.3 Å². The van der Waals surface area contributed by atoms with Crippen LogP contribution >= 0.6 is 11.6 Å². The second kappa shape index (κ2) is 8.34. The molecule has 0 aliphatic carbocycles. The third kappa shape index (κ3) is 4.22. The maximum atomic E-state index is 12.5. The predicted molar refractivity (Wildman–Crippen MR) is 109 cm³/mol. The minimum absolute atomic E-state index is 0.193. The van der Waals surface area contributed by atoms with Crippen LogP contribution in [0, 0.1) is 0 Å². The van der Waals surface area contributed by atoms with E-state index in [-0.39, 0.29) is 23.1 Å². The fraction of sp³-hybridized carbons (Fsp3) is 0.250. The van der Waals surface area contributed by atoms with Crippen LogP contribution in [0.3, 0.4) is 0 Å². The van der Waals surface area contributed by atoms with Crippen molar-refractivity contribution in [3.63, 3.8) is 0 Å². The Hall–Kier alpha value is -2.35. The molecular formula is C20H21ClN2O4S. The second-order valence-corrected chi connectivity index (χ2v) is 8.58. The lowest BCUT2D eigenvalue weighted by atomic mass is 10.2. The van der Waals surface area contributed by atoms with Gasteiger partial charge in [0, 0.05) is 30.0 Å². The number of nitrogens with one attached hydrogen (secondary N) is 1. The highest BCUT2D eigenvalue weighted by atomic mass is 35.5. The van der Waals surface area contributed by atoms with Crippen molar-refractivity contribution in [2.24, 2.45) is 0 Å². The summed E-state index contributed by atoms with van der Waals surface area (Å²) < 4.78 is 31.9. The molecule has 1 N–H and O–H groups in total. The number of carbonyl (C=O) groups excluding carboxylic acids is 1. The molecule has 0 aliphatic rings. The summed E-state index contributed by atoms with van der Waals surface area (Å²) in [6.07, 6.45) is 0. The molecule has 0 saturated heterocycles. The van der Waals surface area contributed by atoms with Gasteiger partial charge in [-0.25, -0.2) is 8.42 Å². The summed E-state index contributed by atoms with van der Waals surface area (Å²) in [5.74, 6) is -0.162. The van der Waals surface area contributed by atoms with Crippen LogP contribution in [0.5, 0.6) is 0 Å². The van der Waals surface area contributed by atoms with Gasteiger partial charge in [-0.2, -0.15) is 4.31 Å². The van der Waals surface area contributed by atoms with Crippen molar-refractivity contribution < 1.29 is 17.6 Å². The zero-order valence-corrected chi connectivity index (χ0v) is 17.2. The molecule has 1 heterocycles. The summed E-state index contributed by atoms with van der Waals surface area (Å²) in [6, 6.07) is 13.3. The van der Waals surface area contributed by atoms with Gasteiger partial charge in [-0.3, -0.25) is 4.79 Å². The minimum Gasteiger partial charge on any atom is -0.451 e. The molecule has 0 unspecified atom stereocenters. The Morgan fingerprint density at radius 3 is 2.39 bits per heavy atom. The van der Waals surface area contributed by atoms with E-state index < -0.39 is 10.0 Å². The molecule has 0 atom stereocenters. The minimum atomic E-state index is -3.49. The second-order valence-electron chi connectivity index (χ2n) is 6.21. The number of halogens is 1. The summed E-state index contributed by atoms with van der Waals surface area (Å²) in [5, 5.41) is 4.09. The van der Waals surface area contributed by atoms with E-state index in [0.717, 1.165) is 10.9 Å². The van der Waals surface area contributed by atoms with Crippen LogP contribution in [0.25, 0.3) is 11.0 Å². The number of fused-ring (bicyclic) bond motifs is 1. The quantitative estimate of drug-likeness (QED) is 0.625. The van der Waals surface area contributed by atoms with E-state index in [1.54, 1.807) is 62.4 Å². The SMILES string of the molecule is CCN(CC)S(=O)(=O)c1ccc(CNC(=O)c2cc3cc(Cl)ccc3o2)cc1. The standard InChI is InChI=1S/C20H21ClN2O4S/c1-3-23(4-2)28(25,26)17-8-5-14(6-9-17)13-22-20(24)19-12-15-11-16(21)7-10-18(15)27-19/h5-12H,3-4,13H2,1-2H3,(H,22,24). The molecule has 0 radical (unpaired) electrons. The van der Waals surface area contributed by atoms with Gasteiger partial charge in [0.1, 0.15) is 5.58 Å². The molecular weight excluding hydrogens is 400 g/mol. The lowest BCUT2D eigenvalue weighted by Crippen LogP contribution is -2.30. The Labute approximate surface area is 169 Å². The van der Waals surface area contributed by atoms with Crippen molar-refractivity contribution in [3.8, 4) is 0 Å². The zero-order valence-electron chi connectivity index (χ0n) is 15.6. The van der Waals surface area contributed by atoms with E-state index in [4.69, 9.17) is 16.0 Å². The molecule has 2 aromatic carbocycles. The highest BCUT2D eigenvalue weighted by Crippen LogP contribution is 2.23. The average molecular weight is 421 g/mol. The molecule has 28 heavy (non-hydrogen) atoms. The van der Waals surface area contributed by atoms with Crippen molar-refractivity contribution >= 4 is 38.5 Å². The number of hydrogen-bond acceptors (Lipinski definition) is 4. The van der Waals surface area contributed by atoms with E-state index >= 15 is 0 Å². The molecule has 148 valence electrons. The number of hydrogen-bond donors (Lipinski definition) is 1. The van der Waals surface area contributed by atoms with Gasteiger partial charge in [0.25, 0.3) is 5.91 Å². The molecule has 0 bridgehead atoms. The van der Waals surface area contributed by atoms with Gasteiger partial charge >= 0.3 is 0 Å². The summed E-state index contributed by atoms with van der Waals surface area (Å²) in [5.41, 5.74) is 1.37. The molecule has 0 spiro atoms. The van der Waals surface area contributed by atoms with Gasteiger partial charge in [0.05, 0.1) is 4.90 Å². The number of furan rings is 1. The predicted octanol–water partition coefficient (Wildman–Crippen LogP) is 4.05. The lowest BCUT2D eigenvalue weighted by Gasteiger charge is -2.18. The fourth-order valence-corrected chi connectivity index (χ4v) is 4.53. The number of nitrogens with zero attached hydrogens (tertiary/aromatic N) is 1. The van der Waals surface area contributed by atoms with Crippen LogP contribution in [-0.4, -0.2) is 31.7 Å². The van der Waals surface area contributed by atoms with Gasteiger partial charge in [-0.1, -0.05) is 37.6 Å². The van der Waals surface area contributed by atoms with E-state index in [9.17, 15) is 13.2 Å². The van der Waals surface area contributed by atoms with Gasteiger partial charge in [0.2, 0.25) is 10.0 Å². The Bertz CT molecular complexity index is 1090. The van der Waals surface area contributed by atoms with Crippen molar-refractivity contribution in [1.29, 1.82) is 0 Å². The topological polar surface area (TPSA) is 79.6 Å². The van der Waals surface area contributed by atoms with Crippen LogP contribution in [0.2, 0.25) is 5.02 Å². The lowest BCUT2D eigenvalue weighted by molar-refractivity contribution is 0.0925. The van der Waals surface area contributed by atoms with Crippen molar-refractivity contribution in [1.82, 2.24) is 9.62 Å². The Morgan fingerprint density at radius 1 is 1.07 bits per heavy atom. The molecule has 8 heteroatoms. The Kier molecular flexibility index (Phi) is 6.07. The summed E-state index contributed by atoms with van der Waals surface area (Å²) in [4.78, 5) is 12.6. The molecule has 1 aromatic heterocycles. The summed E-state index contributed by atoms with van der Waals surface area (Å²) >= 11 is 5.94. The maximum Gasteiger partial charge on any atom is 0.287 e. The monoisotopic (exact) mass is 420 g/mol. The van der Waals surface area contributed by atoms with Gasteiger partial charge < -0.3 is 9.73 Å². The highest BCUT2D eigenvalue weighted by molar-refractivity contribution is 7.89. The normalized spacial score (nSPS) is 11.9. The van der Waals surface area contributed by atoms with Crippen LogP contribution < -0.4 is 5.32 Å². The Balaban J connectivity index is 1.68. The van der Waals surface area contributed by atoms with Crippen molar-refractivity contribution in [3.05, 3.63) is 64.9 Å². The summed E-state index contributed by atoms with van der Waals surface area (Å²) in [7, 11) is -3.49. The maximum absolute atomic E-state index is 12.5. The largest absolute Gasteiger partial charge is 0.451 e. The van der Waals surface area contributed by atoms with E-state index in [1.165, 1.54) is 4.31 Å². The smallest absolute Gasteiger partial charge is 0.287 e. The first kappa shape index (κ1) is 20.4. The molecule has 0 aliphatic heterocycles. The molecule has 0 fully saturated rings. The van der Waals surface area contributed by atoms with Gasteiger partial charge in [-0.05, 0) is 42.0 Å². The van der Waals surface area contributed by atoms with E-state index in [2.05, 4.69) is 5.32 Å². The Morgan fingerprint density at radius 2 is 1.75 bits per heavy atom. The first-order valence-corrected chi connectivity index (χ1v) is 10.7. The highest BCUT2D eigenvalue weighted by Gasteiger charge is 2.21. The number of carbonyl (C=O) groups is 1. The average Bonchev–Trinajstić information content (AvgIpc) is 3.10. The molecule has 6 nitrogen and oxygen atoms in total. The third-order valence-electron chi connectivity index (χ3n) is 4.42. The first-order chi connectivity index (χ1) is 13.3. The fourth-order valence-electron chi connectivity index (χ4n) is 2.89. The van der Waals surface area contributed by atoms with E-state index in [0.29, 0.717) is 23.7 Å². The molecule has 3 aromatic rings. The third-order valence-corrected chi connectivity index (χ3v) is 6.72. The number of benzene rings is 2. The van der Waals surface area contributed by atoms with Gasteiger partial charge in [-0.15, -0.1) is 0 Å². The van der Waals surface area contributed by atoms with Crippen LogP contribution in [0.4, 0.5) is 0 Å². The van der Waals surface area contributed by atoms with Crippen LogP contribution in [0.15, 0.2) is 57.8 Å². The van der Waals surface area contributed by atoms with Crippen LogP contribution in [-0.2, 0) is 16.6 Å². The molecule has 0 saturated carbocycles. The van der Waals surface area contributed by atoms with Crippen molar-refractivity contribution in [2.75, 3.05) is 13.1 Å². The number of rotatable bonds is 7.